The molecule has 324 valence electrons. The third-order valence-corrected chi connectivity index (χ3v) is 9.97. The first-order valence-electron chi connectivity index (χ1n) is 22.0. The van der Waals surface area contributed by atoms with Crippen molar-refractivity contribution in [2.45, 2.75) is 174 Å². The number of hydrogen-bond acceptors (Lipinski definition) is 8. The molecule has 0 heterocycles. The zero-order valence-electron chi connectivity index (χ0n) is 36.3. The number of carbonyl (C=O) groups is 2. The van der Waals surface area contributed by atoms with Crippen molar-refractivity contribution in [1.82, 2.24) is 0 Å². The summed E-state index contributed by atoms with van der Waals surface area (Å²) in [6.45, 7) is 4.09. The molecule has 0 aromatic heterocycles. The van der Waals surface area contributed by atoms with Crippen LogP contribution in [0.25, 0.3) is 0 Å². The zero-order valence-corrected chi connectivity index (χ0v) is 37.2. The van der Waals surface area contributed by atoms with Crippen molar-refractivity contribution in [3.63, 3.8) is 0 Å². The molecule has 0 saturated heterocycles. The fourth-order valence-corrected chi connectivity index (χ4v) is 6.24. The van der Waals surface area contributed by atoms with Crippen LogP contribution in [0.5, 0.6) is 0 Å². The van der Waals surface area contributed by atoms with Gasteiger partial charge in [0.1, 0.15) is 19.8 Å². The number of nitrogens with zero attached hydrogens (tertiary/aromatic N) is 1. The highest BCUT2D eigenvalue weighted by Crippen LogP contribution is 2.38. The van der Waals surface area contributed by atoms with Gasteiger partial charge in [0, 0.05) is 12.8 Å². The maximum atomic E-state index is 12.7. The lowest BCUT2D eigenvalue weighted by Crippen LogP contribution is -2.37. The maximum Gasteiger partial charge on any atom is 0.306 e. The van der Waals surface area contributed by atoms with Gasteiger partial charge in [0.15, 0.2) is 6.10 Å². The summed E-state index contributed by atoms with van der Waals surface area (Å²) < 4.78 is 33.8. The maximum absolute atomic E-state index is 12.7. The molecule has 0 spiro atoms. The van der Waals surface area contributed by atoms with Crippen molar-refractivity contribution in [3.8, 4) is 0 Å². The number of unbranched alkanes of at least 4 members (excludes halogenated alkanes) is 15. The van der Waals surface area contributed by atoms with E-state index in [2.05, 4.69) is 74.6 Å². The predicted octanol–water partition coefficient (Wildman–Crippen LogP) is 11.8. The van der Waals surface area contributed by atoms with E-state index in [-0.39, 0.29) is 26.1 Å². The number of allylic oxidation sites excluding steroid dienone is 10. The third kappa shape index (κ3) is 41.3. The van der Waals surface area contributed by atoms with Gasteiger partial charge < -0.3 is 27.9 Å². The molecule has 0 aliphatic rings. The Hall–Kier alpha value is -2.29. The summed E-state index contributed by atoms with van der Waals surface area (Å²) in [7, 11) is 1.13. The predicted molar refractivity (Wildman–Crippen MR) is 231 cm³/mol. The third-order valence-electron chi connectivity index (χ3n) is 9.01. The second kappa shape index (κ2) is 38.2. The van der Waals surface area contributed by atoms with Gasteiger partial charge in [-0.15, -0.1) is 0 Å². The molecule has 56 heavy (non-hydrogen) atoms. The second-order valence-corrected chi connectivity index (χ2v) is 17.1. The lowest BCUT2D eigenvalue weighted by molar-refractivity contribution is -0.870. The van der Waals surface area contributed by atoms with Crippen LogP contribution in [-0.2, 0) is 32.7 Å². The van der Waals surface area contributed by atoms with Crippen LogP contribution in [-0.4, -0.2) is 70.0 Å². The smallest absolute Gasteiger partial charge is 0.306 e. The number of rotatable bonds is 39. The molecule has 0 aromatic carbocycles. The van der Waals surface area contributed by atoms with Gasteiger partial charge in [-0.1, -0.05) is 145 Å². The highest BCUT2D eigenvalue weighted by atomic mass is 31.2. The Morgan fingerprint density at radius 3 is 1.55 bits per heavy atom. The van der Waals surface area contributed by atoms with Crippen molar-refractivity contribution >= 4 is 19.8 Å². The van der Waals surface area contributed by atoms with Gasteiger partial charge in [-0.2, -0.15) is 0 Å². The minimum absolute atomic E-state index is 0.0417. The standard InChI is InChI=1S/C46H82NO8P/c1-6-8-10-12-14-16-18-20-22-23-25-26-28-30-32-34-36-38-45(48)52-42-44(43-54-56(50,51)53-41-40-47(3,4)5)55-46(49)39-37-35-33-31-29-27-24-21-19-17-15-13-11-9-7-2/h13-16,20,22,25-26,30,32,44H,6-12,17-19,21,23-24,27-29,31,33-43H2,1-5H3/b15-13+,16-14+,22-20+,26-25+,32-30+/t44-/m1/s1. The quantitative estimate of drug-likeness (QED) is 0.0198. The van der Waals surface area contributed by atoms with Gasteiger partial charge in [0.05, 0.1) is 27.7 Å². The Bertz CT molecular complexity index is 1140. The molecule has 0 aromatic rings. The monoisotopic (exact) mass is 808 g/mol. The average molecular weight is 808 g/mol. The van der Waals surface area contributed by atoms with Gasteiger partial charge in [0.25, 0.3) is 7.82 Å². The molecule has 0 fully saturated rings. The van der Waals surface area contributed by atoms with Crippen LogP contribution < -0.4 is 4.89 Å². The first-order valence-corrected chi connectivity index (χ1v) is 23.5. The fourth-order valence-electron chi connectivity index (χ4n) is 5.51. The highest BCUT2D eigenvalue weighted by molar-refractivity contribution is 7.45. The highest BCUT2D eigenvalue weighted by Gasteiger charge is 2.21. The number of ether oxygens (including phenoxy) is 2. The van der Waals surface area contributed by atoms with Crippen molar-refractivity contribution in [2.24, 2.45) is 0 Å². The summed E-state index contributed by atoms with van der Waals surface area (Å²) in [6, 6.07) is 0. The van der Waals surface area contributed by atoms with Crippen molar-refractivity contribution in [2.75, 3.05) is 47.5 Å². The number of phosphoric acid groups is 1. The molecule has 0 rings (SSSR count). The van der Waals surface area contributed by atoms with E-state index in [1.54, 1.807) is 0 Å². The Morgan fingerprint density at radius 1 is 0.554 bits per heavy atom. The number of phosphoric ester groups is 1. The molecule has 10 heteroatoms. The van der Waals surface area contributed by atoms with Crippen molar-refractivity contribution < 1.29 is 42.1 Å². The largest absolute Gasteiger partial charge is 0.756 e. The summed E-state index contributed by atoms with van der Waals surface area (Å²) in [4.78, 5) is 37.5. The van der Waals surface area contributed by atoms with Crippen LogP contribution in [0.3, 0.4) is 0 Å². The van der Waals surface area contributed by atoms with Crippen LogP contribution in [0.4, 0.5) is 0 Å². The van der Waals surface area contributed by atoms with Crippen LogP contribution in [0.1, 0.15) is 168 Å². The van der Waals surface area contributed by atoms with Crippen molar-refractivity contribution in [1.29, 1.82) is 0 Å². The van der Waals surface area contributed by atoms with Crippen LogP contribution in [0.2, 0.25) is 0 Å². The van der Waals surface area contributed by atoms with Gasteiger partial charge in [-0.3, -0.25) is 14.2 Å². The molecular weight excluding hydrogens is 725 g/mol. The summed E-state index contributed by atoms with van der Waals surface area (Å²) in [6.07, 6.45) is 45.3. The van der Waals surface area contributed by atoms with Gasteiger partial charge >= 0.3 is 11.9 Å². The molecule has 9 nitrogen and oxygen atoms in total. The summed E-state index contributed by atoms with van der Waals surface area (Å²) >= 11 is 0. The lowest BCUT2D eigenvalue weighted by Gasteiger charge is -2.28. The van der Waals surface area contributed by atoms with Crippen LogP contribution in [0, 0.1) is 0 Å². The average Bonchev–Trinajstić information content (AvgIpc) is 3.15. The molecule has 0 N–H and O–H groups in total. The number of quaternary nitrogens is 1. The lowest BCUT2D eigenvalue weighted by atomic mass is 10.1. The molecule has 0 radical (unpaired) electrons. The fraction of sp³-hybridized carbons (Fsp3) is 0.739. The molecule has 0 amide bonds. The zero-order chi connectivity index (χ0) is 41.4. The van der Waals surface area contributed by atoms with E-state index in [9.17, 15) is 19.0 Å². The van der Waals surface area contributed by atoms with Crippen LogP contribution >= 0.6 is 7.82 Å². The molecule has 1 unspecified atom stereocenters. The van der Waals surface area contributed by atoms with Crippen LogP contribution in [0.15, 0.2) is 60.8 Å². The number of hydrogen-bond donors (Lipinski definition) is 0. The first-order chi connectivity index (χ1) is 27.0. The molecular formula is C46H82NO8P. The minimum atomic E-state index is -4.64. The normalized spacial score (nSPS) is 14.2. The topological polar surface area (TPSA) is 111 Å². The molecule has 2 atom stereocenters. The summed E-state index contributed by atoms with van der Waals surface area (Å²) in [5.74, 6) is -0.906. The number of carbonyl (C=O) groups excluding carboxylic acids is 2. The van der Waals surface area contributed by atoms with Gasteiger partial charge in [0.2, 0.25) is 0 Å². The Kier molecular flexibility index (Phi) is 36.7. The minimum Gasteiger partial charge on any atom is -0.756 e. The van der Waals surface area contributed by atoms with Gasteiger partial charge in [-0.25, -0.2) is 0 Å². The van der Waals surface area contributed by atoms with E-state index >= 15 is 0 Å². The number of likely N-dealkylation sites (N-methyl/N-ethyl adjacent to an activating group) is 1. The summed E-state index contributed by atoms with van der Waals surface area (Å²) in [5.41, 5.74) is 0. The Labute approximate surface area is 343 Å². The van der Waals surface area contributed by atoms with Crippen molar-refractivity contribution in [3.05, 3.63) is 60.8 Å². The van der Waals surface area contributed by atoms with Gasteiger partial charge in [-0.05, 0) is 70.6 Å². The van der Waals surface area contributed by atoms with E-state index in [0.717, 1.165) is 44.9 Å². The van der Waals surface area contributed by atoms with E-state index in [1.165, 1.54) is 83.5 Å². The van der Waals surface area contributed by atoms with E-state index < -0.39 is 32.5 Å². The Morgan fingerprint density at radius 2 is 1.00 bits per heavy atom. The molecule has 0 saturated carbocycles. The molecule has 0 aliphatic carbocycles. The number of esters is 2. The van der Waals surface area contributed by atoms with E-state index in [4.69, 9.17) is 18.5 Å². The van der Waals surface area contributed by atoms with E-state index in [1.807, 2.05) is 21.1 Å². The molecule has 0 aliphatic heterocycles. The first kappa shape index (κ1) is 53.7. The summed E-state index contributed by atoms with van der Waals surface area (Å²) in [5, 5.41) is 0. The SMILES string of the molecule is CCCC/C=C/CCCCCCCCCCCC(=O)O[C@H](COC(=O)CCC/C=C/C/C=C/C/C=C/C/C=C/CCCCC)COP(=O)([O-])OCC[N+](C)(C)C. The molecule has 0 bridgehead atoms. The second-order valence-electron chi connectivity index (χ2n) is 15.7. The Balaban J connectivity index is 4.46. The van der Waals surface area contributed by atoms with E-state index in [0.29, 0.717) is 23.9 Å².